The van der Waals surface area contributed by atoms with E-state index in [1.165, 1.54) is 25.1 Å². The van der Waals surface area contributed by atoms with Gasteiger partial charge in [0.05, 0.1) is 28.4 Å². The lowest BCUT2D eigenvalue weighted by molar-refractivity contribution is -0.144. The fraction of sp³-hybridized carbons (Fsp3) is 0.292. The van der Waals surface area contributed by atoms with Crippen LogP contribution in [0.15, 0.2) is 42.5 Å². The highest BCUT2D eigenvalue weighted by atomic mass is 19.4. The Kier molecular flexibility index (Phi) is 7.19. The van der Waals surface area contributed by atoms with Gasteiger partial charge in [-0.2, -0.15) is 31.4 Å². The van der Waals surface area contributed by atoms with E-state index in [9.17, 15) is 35.9 Å². The van der Waals surface area contributed by atoms with Crippen molar-refractivity contribution in [2.45, 2.75) is 38.7 Å². The lowest BCUT2D eigenvalue weighted by Crippen LogP contribution is -2.30. The fourth-order valence-electron chi connectivity index (χ4n) is 3.82. The molecule has 0 aliphatic carbocycles. The number of nitrogens with one attached hydrogen (secondary N) is 1. The van der Waals surface area contributed by atoms with E-state index in [0.717, 1.165) is 31.3 Å². The number of aryl methyl sites for hydroxylation is 2. The van der Waals surface area contributed by atoms with Gasteiger partial charge in [0.25, 0.3) is 5.91 Å². The number of aromatic carboxylic acids is 1. The quantitative estimate of drug-likeness (QED) is 0.424. The number of carbonyl (C=O) groups is 2. The second-order valence-electron chi connectivity index (χ2n) is 8.24. The highest BCUT2D eigenvalue weighted by Gasteiger charge is 2.41. The molecule has 3 rings (SSSR count). The number of carboxylic acid groups (broad SMARTS) is 1. The number of benzene rings is 2. The molecule has 1 atom stereocenters. The number of aromatic nitrogens is 2. The van der Waals surface area contributed by atoms with E-state index in [4.69, 9.17) is 5.11 Å². The van der Waals surface area contributed by atoms with Crippen LogP contribution in [0.5, 0.6) is 0 Å². The average molecular weight is 513 g/mol. The Labute approximate surface area is 201 Å². The minimum atomic E-state index is -4.93. The van der Waals surface area contributed by atoms with Crippen LogP contribution in [0.25, 0.3) is 0 Å². The summed E-state index contributed by atoms with van der Waals surface area (Å²) in [5, 5.41) is 15.5. The number of amides is 1. The van der Waals surface area contributed by atoms with Crippen LogP contribution in [0.3, 0.4) is 0 Å². The molecule has 0 saturated heterocycles. The van der Waals surface area contributed by atoms with Gasteiger partial charge in [-0.05, 0) is 48.7 Å². The van der Waals surface area contributed by atoms with Gasteiger partial charge in [-0.1, -0.05) is 24.3 Å². The molecule has 0 bridgehead atoms. The molecule has 12 heteroatoms. The lowest BCUT2D eigenvalue weighted by Gasteiger charge is -2.17. The van der Waals surface area contributed by atoms with Crippen LogP contribution in [-0.4, -0.2) is 26.8 Å². The van der Waals surface area contributed by atoms with E-state index in [-0.39, 0.29) is 23.2 Å². The Morgan fingerprint density at radius 3 is 2.14 bits per heavy atom. The van der Waals surface area contributed by atoms with Crippen molar-refractivity contribution in [1.82, 2.24) is 15.1 Å². The molecular formula is C24H21F6N3O3. The minimum absolute atomic E-state index is 0.0442. The number of halogens is 6. The molecular weight excluding hydrogens is 492 g/mol. The standard InChI is InChI=1S/C24H21F6N3O3/c1-12-10-15(6-9-17(12)22(35)36)13(2)31-21(34)19-18(32-33(3)20(19)24(28,29)30)11-14-4-7-16(8-5-14)23(25,26)27/h4-10,13H,11H2,1-3H3,(H,31,34)(H,35,36). The maximum Gasteiger partial charge on any atom is 0.433 e. The zero-order chi connectivity index (χ0) is 27.0. The SMILES string of the molecule is Cc1cc(C(C)NC(=O)c2c(Cc3ccc(C(F)(F)F)cc3)nn(C)c2C(F)(F)F)ccc1C(=O)O. The van der Waals surface area contributed by atoms with Crippen molar-refractivity contribution in [2.75, 3.05) is 0 Å². The van der Waals surface area contributed by atoms with Crippen molar-refractivity contribution in [3.63, 3.8) is 0 Å². The number of carboxylic acids is 1. The maximum absolute atomic E-state index is 13.8. The van der Waals surface area contributed by atoms with Crippen LogP contribution in [0.2, 0.25) is 0 Å². The molecule has 0 fully saturated rings. The predicted octanol–water partition coefficient (Wildman–Crippen LogP) is 5.55. The predicted molar refractivity (Wildman–Crippen MR) is 116 cm³/mol. The van der Waals surface area contributed by atoms with Crippen LogP contribution in [-0.2, 0) is 25.8 Å². The molecule has 0 saturated carbocycles. The topological polar surface area (TPSA) is 84.2 Å². The summed E-state index contributed by atoms with van der Waals surface area (Å²) in [4.78, 5) is 24.3. The summed E-state index contributed by atoms with van der Waals surface area (Å²) >= 11 is 0. The monoisotopic (exact) mass is 513 g/mol. The highest BCUT2D eigenvalue weighted by molar-refractivity contribution is 5.97. The first kappa shape index (κ1) is 26.8. The van der Waals surface area contributed by atoms with Crippen LogP contribution in [0, 0.1) is 6.92 Å². The molecule has 3 aromatic rings. The molecule has 36 heavy (non-hydrogen) atoms. The first-order chi connectivity index (χ1) is 16.6. The van der Waals surface area contributed by atoms with Crippen LogP contribution in [0.1, 0.15) is 67.3 Å². The van der Waals surface area contributed by atoms with Crippen molar-refractivity contribution in [2.24, 2.45) is 7.05 Å². The Bertz CT molecular complexity index is 1290. The molecule has 1 aromatic heterocycles. The molecule has 2 aromatic carbocycles. The van der Waals surface area contributed by atoms with Crippen LogP contribution >= 0.6 is 0 Å². The molecule has 1 unspecified atom stereocenters. The normalized spacial score (nSPS) is 12.9. The number of alkyl halides is 6. The molecule has 0 spiro atoms. The zero-order valence-electron chi connectivity index (χ0n) is 19.3. The highest BCUT2D eigenvalue weighted by Crippen LogP contribution is 2.35. The molecule has 192 valence electrons. The number of rotatable bonds is 6. The molecule has 1 heterocycles. The molecule has 6 nitrogen and oxygen atoms in total. The summed E-state index contributed by atoms with van der Waals surface area (Å²) in [6.07, 6.45) is -9.82. The van der Waals surface area contributed by atoms with Gasteiger partial charge in [0.2, 0.25) is 0 Å². The van der Waals surface area contributed by atoms with E-state index < -0.39 is 47.1 Å². The summed E-state index contributed by atoms with van der Waals surface area (Å²) in [5.74, 6) is -2.22. The lowest BCUT2D eigenvalue weighted by atomic mass is 10.00. The Balaban J connectivity index is 1.95. The van der Waals surface area contributed by atoms with Gasteiger partial charge in [-0.3, -0.25) is 9.48 Å². The molecule has 0 aliphatic rings. The van der Waals surface area contributed by atoms with Crippen molar-refractivity contribution >= 4 is 11.9 Å². The van der Waals surface area contributed by atoms with Crippen LogP contribution < -0.4 is 5.32 Å². The van der Waals surface area contributed by atoms with E-state index >= 15 is 0 Å². The third-order valence-corrected chi connectivity index (χ3v) is 5.60. The van der Waals surface area contributed by atoms with Gasteiger partial charge < -0.3 is 10.4 Å². The Hall–Kier alpha value is -3.83. The second kappa shape index (κ2) is 9.67. The van der Waals surface area contributed by atoms with Crippen molar-refractivity contribution in [3.8, 4) is 0 Å². The number of hydrogen-bond acceptors (Lipinski definition) is 3. The largest absolute Gasteiger partial charge is 0.478 e. The third-order valence-electron chi connectivity index (χ3n) is 5.60. The van der Waals surface area contributed by atoms with Gasteiger partial charge >= 0.3 is 18.3 Å². The summed E-state index contributed by atoms with van der Waals surface area (Å²) in [6, 6.07) is 7.31. The zero-order valence-corrected chi connectivity index (χ0v) is 19.3. The fourth-order valence-corrected chi connectivity index (χ4v) is 3.82. The molecule has 0 radical (unpaired) electrons. The summed E-state index contributed by atoms with van der Waals surface area (Å²) in [7, 11) is 1.02. The van der Waals surface area contributed by atoms with Crippen LogP contribution in [0.4, 0.5) is 26.3 Å². The second-order valence-corrected chi connectivity index (χ2v) is 8.24. The van der Waals surface area contributed by atoms with Crippen molar-refractivity contribution < 1.29 is 41.0 Å². The summed E-state index contributed by atoms with van der Waals surface area (Å²) < 4.78 is 80.5. The maximum atomic E-state index is 13.8. The van der Waals surface area contributed by atoms with E-state index in [0.29, 0.717) is 15.8 Å². The average Bonchev–Trinajstić information content (AvgIpc) is 3.09. The van der Waals surface area contributed by atoms with Gasteiger partial charge in [0.15, 0.2) is 5.69 Å². The Morgan fingerprint density at radius 2 is 1.64 bits per heavy atom. The number of carbonyl (C=O) groups excluding carboxylic acids is 1. The summed E-state index contributed by atoms with van der Waals surface area (Å²) in [6.45, 7) is 3.07. The van der Waals surface area contributed by atoms with E-state index in [2.05, 4.69) is 10.4 Å². The van der Waals surface area contributed by atoms with Gasteiger partial charge in [0.1, 0.15) is 0 Å². The molecule has 0 aliphatic heterocycles. The molecule has 1 amide bonds. The van der Waals surface area contributed by atoms with Gasteiger partial charge in [-0.25, -0.2) is 4.79 Å². The molecule has 2 N–H and O–H groups in total. The number of nitrogens with zero attached hydrogens (tertiary/aromatic N) is 2. The first-order valence-corrected chi connectivity index (χ1v) is 10.5. The number of hydrogen-bond donors (Lipinski definition) is 2. The van der Waals surface area contributed by atoms with Gasteiger partial charge in [0, 0.05) is 13.5 Å². The smallest absolute Gasteiger partial charge is 0.433 e. The van der Waals surface area contributed by atoms with E-state index in [1.54, 1.807) is 6.92 Å². The first-order valence-electron chi connectivity index (χ1n) is 10.5. The minimum Gasteiger partial charge on any atom is -0.478 e. The summed E-state index contributed by atoms with van der Waals surface area (Å²) in [5.41, 5.74) is -2.07. The Morgan fingerprint density at radius 1 is 1.03 bits per heavy atom. The van der Waals surface area contributed by atoms with Gasteiger partial charge in [-0.15, -0.1) is 0 Å². The van der Waals surface area contributed by atoms with Crippen molar-refractivity contribution in [3.05, 3.63) is 87.2 Å². The van der Waals surface area contributed by atoms with Crippen molar-refractivity contribution in [1.29, 1.82) is 0 Å². The van der Waals surface area contributed by atoms with E-state index in [1.807, 2.05) is 0 Å². The third kappa shape index (κ3) is 5.69.